The van der Waals surface area contributed by atoms with Crippen LogP contribution in [0.25, 0.3) is 11.1 Å². The number of H-pyrrole nitrogens is 1. The molecule has 144 valence electrons. The van der Waals surface area contributed by atoms with E-state index in [0.717, 1.165) is 49.2 Å². The molecule has 1 amide bonds. The van der Waals surface area contributed by atoms with Crippen molar-refractivity contribution in [3.05, 3.63) is 57.5 Å². The molecule has 2 aromatic rings. The highest BCUT2D eigenvalue weighted by Gasteiger charge is 2.25. The van der Waals surface area contributed by atoms with E-state index in [1.165, 1.54) is 0 Å². The van der Waals surface area contributed by atoms with E-state index in [4.69, 9.17) is 4.74 Å². The van der Waals surface area contributed by atoms with Crippen LogP contribution in [0.4, 0.5) is 0 Å². The van der Waals surface area contributed by atoms with Crippen LogP contribution in [0.2, 0.25) is 0 Å². The Morgan fingerprint density at radius 1 is 1.30 bits per heavy atom. The zero-order valence-electron chi connectivity index (χ0n) is 16.4. The lowest BCUT2D eigenvalue weighted by Gasteiger charge is -2.32. The summed E-state index contributed by atoms with van der Waals surface area (Å²) in [6.45, 7) is 8.05. The summed E-state index contributed by atoms with van der Waals surface area (Å²) in [6.07, 6.45) is 3.06. The zero-order chi connectivity index (χ0) is 19.4. The second kappa shape index (κ2) is 8.53. The van der Waals surface area contributed by atoms with Gasteiger partial charge >= 0.3 is 0 Å². The average molecular weight is 368 g/mol. The van der Waals surface area contributed by atoms with Crippen LogP contribution in [0.1, 0.15) is 47.8 Å². The van der Waals surface area contributed by atoms with Crippen LogP contribution in [0.15, 0.2) is 35.1 Å². The van der Waals surface area contributed by atoms with Gasteiger partial charge in [-0.05, 0) is 62.4 Å². The first kappa shape index (κ1) is 19.4. The third-order valence-electron chi connectivity index (χ3n) is 5.14. The Balaban J connectivity index is 1.82. The Morgan fingerprint density at radius 2 is 2.11 bits per heavy atom. The minimum Gasteiger partial charge on any atom is -0.376 e. The Kier molecular flexibility index (Phi) is 6.11. The van der Waals surface area contributed by atoms with Gasteiger partial charge in [-0.25, -0.2) is 0 Å². The third-order valence-corrected chi connectivity index (χ3v) is 5.14. The largest absolute Gasteiger partial charge is 0.376 e. The van der Waals surface area contributed by atoms with Crippen molar-refractivity contribution < 1.29 is 9.53 Å². The quantitative estimate of drug-likeness (QED) is 0.875. The van der Waals surface area contributed by atoms with Crippen LogP contribution in [0.5, 0.6) is 0 Å². The average Bonchev–Trinajstić information content (AvgIpc) is 2.69. The monoisotopic (exact) mass is 368 g/mol. The fourth-order valence-corrected chi connectivity index (χ4v) is 3.49. The van der Waals surface area contributed by atoms with Gasteiger partial charge in [0, 0.05) is 36.5 Å². The standard InChI is InChI=1S/C22H28N2O3/c1-4-11-27-19-9-6-10-24(14-19)22(26)18-8-5-7-17(13-18)20-12-15(2)16(3)23-21(20)25/h5,7-8,12-13,19H,4,6,9-11,14H2,1-3H3,(H,23,25). The molecule has 27 heavy (non-hydrogen) atoms. The number of carbonyl (C=O) groups excluding carboxylic acids is 1. The Bertz CT molecular complexity index is 872. The van der Waals surface area contributed by atoms with Gasteiger partial charge in [0.1, 0.15) is 0 Å². The molecule has 1 saturated heterocycles. The molecule has 0 bridgehead atoms. The van der Waals surface area contributed by atoms with Crippen molar-refractivity contribution in [3.63, 3.8) is 0 Å². The number of piperidine rings is 1. The van der Waals surface area contributed by atoms with Crippen LogP contribution in [-0.2, 0) is 4.74 Å². The number of hydrogen-bond acceptors (Lipinski definition) is 3. The summed E-state index contributed by atoms with van der Waals surface area (Å²) in [4.78, 5) is 30.1. The molecule has 1 atom stereocenters. The smallest absolute Gasteiger partial charge is 0.256 e. The Hall–Kier alpha value is -2.40. The van der Waals surface area contributed by atoms with Gasteiger partial charge in [-0.1, -0.05) is 19.1 Å². The van der Waals surface area contributed by atoms with Crippen LogP contribution < -0.4 is 5.56 Å². The Morgan fingerprint density at radius 3 is 2.89 bits per heavy atom. The number of ether oxygens (including phenoxy) is 1. The van der Waals surface area contributed by atoms with E-state index < -0.39 is 0 Å². The number of pyridine rings is 1. The zero-order valence-corrected chi connectivity index (χ0v) is 16.4. The summed E-state index contributed by atoms with van der Waals surface area (Å²) in [7, 11) is 0. The number of aromatic nitrogens is 1. The molecule has 5 nitrogen and oxygen atoms in total. The van der Waals surface area contributed by atoms with Gasteiger partial charge in [0.2, 0.25) is 0 Å². The molecule has 0 spiro atoms. The molecule has 1 aliphatic heterocycles. The minimum absolute atomic E-state index is 0.00177. The number of aromatic amines is 1. The lowest BCUT2D eigenvalue weighted by atomic mass is 10.0. The normalized spacial score (nSPS) is 17.1. The molecule has 1 aromatic carbocycles. The van der Waals surface area contributed by atoms with Crippen LogP contribution in [0, 0.1) is 13.8 Å². The highest BCUT2D eigenvalue weighted by molar-refractivity contribution is 5.95. The molecular weight excluding hydrogens is 340 g/mol. The topological polar surface area (TPSA) is 62.4 Å². The van der Waals surface area contributed by atoms with Gasteiger partial charge in [-0.2, -0.15) is 0 Å². The van der Waals surface area contributed by atoms with Gasteiger partial charge in [-0.15, -0.1) is 0 Å². The first-order valence-electron chi connectivity index (χ1n) is 9.71. The molecule has 0 saturated carbocycles. The molecule has 5 heteroatoms. The highest BCUT2D eigenvalue weighted by Crippen LogP contribution is 2.21. The highest BCUT2D eigenvalue weighted by atomic mass is 16.5. The van der Waals surface area contributed by atoms with E-state index in [2.05, 4.69) is 11.9 Å². The van der Waals surface area contributed by atoms with E-state index in [1.54, 1.807) is 0 Å². The summed E-state index contributed by atoms with van der Waals surface area (Å²) in [5, 5.41) is 0. The van der Waals surface area contributed by atoms with E-state index in [1.807, 2.05) is 49.1 Å². The van der Waals surface area contributed by atoms with Crippen LogP contribution in [0.3, 0.4) is 0 Å². The number of nitrogens with zero attached hydrogens (tertiary/aromatic N) is 1. The van der Waals surface area contributed by atoms with Gasteiger partial charge < -0.3 is 14.6 Å². The van der Waals surface area contributed by atoms with Crippen molar-refractivity contribution in [1.82, 2.24) is 9.88 Å². The van der Waals surface area contributed by atoms with Gasteiger partial charge in [-0.3, -0.25) is 9.59 Å². The lowest BCUT2D eigenvalue weighted by Crippen LogP contribution is -2.43. The summed E-state index contributed by atoms with van der Waals surface area (Å²) in [5.41, 5.74) is 3.72. The molecule has 0 radical (unpaired) electrons. The van der Waals surface area contributed by atoms with E-state index >= 15 is 0 Å². The van der Waals surface area contributed by atoms with Crippen molar-refractivity contribution in [2.75, 3.05) is 19.7 Å². The number of amides is 1. The SMILES string of the molecule is CCCOC1CCCN(C(=O)c2cccc(-c3cc(C)c(C)[nH]c3=O)c2)C1. The summed E-state index contributed by atoms with van der Waals surface area (Å²) < 4.78 is 5.84. The van der Waals surface area contributed by atoms with Crippen molar-refractivity contribution in [1.29, 1.82) is 0 Å². The first-order valence-corrected chi connectivity index (χ1v) is 9.71. The van der Waals surface area contributed by atoms with Crippen LogP contribution >= 0.6 is 0 Å². The number of nitrogens with one attached hydrogen (secondary N) is 1. The molecule has 1 aromatic heterocycles. The fraction of sp³-hybridized carbons (Fsp3) is 0.455. The van der Waals surface area contributed by atoms with E-state index in [0.29, 0.717) is 17.7 Å². The molecular formula is C22H28N2O3. The summed E-state index contributed by atoms with van der Waals surface area (Å²) >= 11 is 0. The Labute approximate surface area is 160 Å². The van der Waals surface area contributed by atoms with Gasteiger partial charge in [0.15, 0.2) is 0 Å². The number of aryl methyl sites for hydroxylation is 2. The third kappa shape index (κ3) is 4.48. The van der Waals surface area contributed by atoms with E-state index in [9.17, 15) is 9.59 Å². The second-order valence-electron chi connectivity index (χ2n) is 7.29. The second-order valence-corrected chi connectivity index (χ2v) is 7.29. The van der Waals surface area contributed by atoms with Crippen molar-refractivity contribution in [2.24, 2.45) is 0 Å². The maximum absolute atomic E-state index is 13.0. The molecule has 1 N–H and O–H groups in total. The predicted molar refractivity (Wildman–Crippen MR) is 107 cm³/mol. The molecule has 1 fully saturated rings. The summed E-state index contributed by atoms with van der Waals surface area (Å²) in [6, 6.07) is 9.23. The molecule has 2 heterocycles. The van der Waals surface area contributed by atoms with Crippen molar-refractivity contribution in [3.8, 4) is 11.1 Å². The maximum Gasteiger partial charge on any atom is 0.256 e. The first-order chi connectivity index (χ1) is 13.0. The van der Waals surface area contributed by atoms with Crippen molar-refractivity contribution in [2.45, 2.75) is 46.1 Å². The number of carbonyl (C=O) groups is 1. The number of benzene rings is 1. The number of rotatable bonds is 5. The molecule has 0 aliphatic carbocycles. The minimum atomic E-state index is -0.131. The number of likely N-dealkylation sites (tertiary alicyclic amines) is 1. The molecule has 1 unspecified atom stereocenters. The lowest BCUT2D eigenvalue weighted by molar-refractivity contribution is 0.00211. The fourth-order valence-electron chi connectivity index (χ4n) is 3.49. The maximum atomic E-state index is 13.0. The predicted octanol–water partition coefficient (Wildman–Crippen LogP) is 3.69. The number of hydrogen-bond donors (Lipinski definition) is 1. The van der Waals surface area contributed by atoms with Gasteiger partial charge in [0.05, 0.1) is 6.10 Å². The molecule has 3 rings (SSSR count). The van der Waals surface area contributed by atoms with Crippen LogP contribution in [-0.4, -0.2) is 41.6 Å². The summed E-state index contributed by atoms with van der Waals surface area (Å²) in [5.74, 6) is 0.00177. The molecule has 1 aliphatic rings. The van der Waals surface area contributed by atoms with E-state index in [-0.39, 0.29) is 17.6 Å². The van der Waals surface area contributed by atoms with Gasteiger partial charge in [0.25, 0.3) is 11.5 Å². The van der Waals surface area contributed by atoms with Crippen molar-refractivity contribution >= 4 is 5.91 Å².